The summed E-state index contributed by atoms with van der Waals surface area (Å²) in [4.78, 5) is 24.4. The molecule has 2 bridgehead atoms. The van der Waals surface area contributed by atoms with Crippen molar-refractivity contribution in [2.24, 2.45) is 5.92 Å². The van der Waals surface area contributed by atoms with E-state index < -0.39 is 4.92 Å². The molecule has 19 heavy (non-hydrogen) atoms. The van der Waals surface area contributed by atoms with E-state index in [4.69, 9.17) is 11.6 Å². The van der Waals surface area contributed by atoms with E-state index in [-0.39, 0.29) is 16.6 Å². The molecular weight excluding hydrogens is 268 g/mol. The summed E-state index contributed by atoms with van der Waals surface area (Å²) < 4.78 is 0. The van der Waals surface area contributed by atoms with Crippen LogP contribution in [0.1, 0.15) is 29.6 Å². The number of likely N-dealkylation sites (tertiary alicyclic amines) is 1. The van der Waals surface area contributed by atoms with Gasteiger partial charge < -0.3 is 4.90 Å². The molecule has 0 N–H and O–H groups in total. The van der Waals surface area contributed by atoms with Crippen LogP contribution in [0.4, 0.5) is 5.69 Å². The number of nitro groups is 1. The lowest BCUT2D eigenvalue weighted by Crippen LogP contribution is -2.37. The molecule has 1 aromatic carbocycles. The zero-order valence-corrected chi connectivity index (χ0v) is 11.0. The fraction of sp³-hybridized carbons (Fsp3) is 0.462. The third-order valence-corrected chi connectivity index (χ3v) is 4.36. The molecule has 1 heterocycles. The van der Waals surface area contributed by atoms with E-state index in [1.165, 1.54) is 24.6 Å². The number of halogens is 1. The normalized spacial score (nSPS) is 24.8. The van der Waals surface area contributed by atoms with Crippen LogP contribution < -0.4 is 0 Å². The number of amides is 1. The lowest BCUT2D eigenvalue weighted by atomic mass is 10.1. The van der Waals surface area contributed by atoms with Crippen LogP contribution >= 0.6 is 11.6 Å². The molecule has 1 aliphatic heterocycles. The molecule has 0 aromatic heterocycles. The van der Waals surface area contributed by atoms with Gasteiger partial charge in [-0.15, -0.1) is 0 Å². The summed E-state index contributed by atoms with van der Waals surface area (Å²) in [6.45, 7) is 0.804. The molecule has 2 atom stereocenters. The van der Waals surface area contributed by atoms with Crippen LogP contribution in [0.2, 0.25) is 5.02 Å². The Kier molecular flexibility index (Phi) is 2.93. The molecule has 1 saturated carbocycles. The van der Waals surface area contributed by atoms with Gasteiger partial charge in [-0.3, -0.25) is 14.9 Å². The second kappa shape index (κ2) is 4.49. The summed E-state index contributed by atoms with van der Waals surface area (Å²) in [5.74, 6) is 0.562. The number of carbonyl (C=O) groups excluding carboxylic acids is 1. The maximum Gasteiger partial charge on any atom is 0.287 e. The van der Waals surface area contributed by atoms with Crippen LogP contribution in [0.3, 0.4) is 0 Å². The van der Waals surface area contributed by atoms with Gasteiger partial charge in [-0.25, -0.2) is 0 Å². The minimum Gasteiger partial charge on any atom is -0.335 e. The van der Waals surface area contributed by atoms with Crippen LogP contribution in [0.5, 0.6) is 0 Å². The fourth-order valence-electron chi connectivity index (χ4n) is 3.13. The second-order valence-corrected chi connectivity index (χ2v) is 5.62. The Labute approximate surface area is 115 Å². The van der Waals surface area contributed by atoms with Crippen LogP contribution in [0.25, 0.3) is 0 Å². The number of rotatable bonds is 2. The number of piperidine rings is 1. The molecule has 1 aliphatic carbocycles. The van der Waals surface area contributed by atoms with Crippen LogP contribution in [0, 0.1) is 16.0 Å². The maximum atomic E-state index is 12.4. The first-order chi connectivity index (χ1) is 9.06. The average molecular weight is 281 g/mol. The first kappa shape index (κ1) is 12.4. The minimum absolute atomic E-state index is 0.0141. The Morgan fingerprint density at radius 1 is 1.42 bits per heavy atom. The summed E-state index contributed by atoms with van der Waals surface area (Å²) in [5, 5.41) is 10.7. The van der Waals surface area contributed by atoms with Crippen LogP contribution in [-0.4, -0.2) is 28.3 Å². The minimum atomic E-state index is -0.547. The first-order valence-electron chi connectivity index (χ1n) is 6.31. The van der Waals surface area contributed by atoms with Crippen molar-refractivity contribution in [1.29, 1.82) is 0 Å². The highest BCUT2D eigenvalue weighted by Crippen LogP contribution is 2.38. The Morgan fingerprint density at radius 3 is 2.74 bits per heavy atom. The lowest BCUT2D eigenvalue weighted by molar-refractivity contribution is -0.384. The van der Waals surface area contributed by atoms with Crippen molar-refractivity contribution in [2.45, 2.75) is 25.3 Å². The molecule has 1 aromatic rings. The van der Waals surface area contributed by atoms with Gasteiger partial charge in [-0.05, 0) is 37.3 Å². The van der Waals surface area contributed by atoms with E-state index in [1.54, 1.807) is 0 Å². The van der Waals surface area contributed by atoms with Gasteiger partial charge in [0.25, 0.3) is 11.6 Å². The average Bonchev–Trinajstić information content (AvgIpc) is 2.99. The molecule has 1 amide bonds. The lowest BCUT2D eigenvalue weighted by Gasteiger charge is -2.27. The predicted molar refractivity (Wildman–Crippen MR) is 70.3 cm³/mol. The summed E-state index contributed by atoms with van der Waals surface area (Å²) in [7, 11) is 0. The number of benzene rings is 1. The van der Waals surface area contributed by atoms with Gasteiger partial charge in [0.05, 0.1) is 4.92 Å². The molecule has 2 fully saturated rings. The predicted octanol–water partition coefficient (Wildman–Crippen LogP) is 2.87. The number of fused-ring (bicyclic) bond motifs is 2. The number of carbonyl (C=O) groups is 1. The van der Waals surface area contributed by atoms with Crippen molar-refractivity contribution >= 4 is 23.2 Å². The highest BCUT2D eigenvalue weighted by molar-refractivity contribution is 6.33. The van der Waals surface area contributed by atoms with Gasteiger partial charge in [0.2, 0.25) is 0 Å². The molecule has 6 heteroatoms. The third-order valence-electron chi connectivity index (χ3n) is 4.06. The van der Waals surface area contributed by atoms with Gasteiger partial charge in [0, 0.05) is 24.2 Å². The highest BCUT2D eigenvalue weighted by Gasteiger charge is 2.40. The molecule has 2 unspecified atom stereocenters. The maximum absolute atomic E-state index is 12.4. The van der Waals surface area contributed by atoms with Crippen molar-refractivity contribution in [3.05, 3.63) is 38.9 Å². The summed E-state index contributed by atoms with van der Waals surface area (Å²) in [6.07, 6.45) is 3.36. The Morgan fingerprint density at radius 2 is 2.21 bits per heavy atom. The topological polar surface area (TPSA) is 63.4 Å². The molecule has 0 spiro atoms. The molecule has 2 aliphatic rings. The van der Waals surface area contributed by atoms with Crippen molar-refractivity contribution in [1.82, 2.24) is 4.90 Å². The molecule has 100 valence electrons. The number of hydrogen-bond donors (Lipinski definition) is 0. The Balaban J connectivity index is 1.84. The Hall–Kier alpha value is -1.62. The summed E-state index contributed by atoms with van der Waals surface area (Å²) >= 11 is 5.84. The second-order valence-electron chi connectivity index (χ2n) is 5.21. The third kappa shape index (κ3) is 2.08. The Bertz CT molecular complexity index is 561. The molecular formula is C13H13ClN2O3. The van der Waals surface area contributed by atoms with Crippen molar-refractivity contribution in [2.75, 3.05) is 6.54 Å². The smallest absolute Gasteiger partial charge is 0.287 e. The largest absolute Gasteiger partial charge is 0.335 e. The van der Waals surface area contributed by atoms with Gasteiger partial charge in [-0.2, -0.15) is 0 Å². The standard InChI is InChI=1S/C13H13ClN2O3/c14-11-6-9(2-4-12(11)16(18)19)13(17)15-7-8-1-3-10(15)5-8/h2,4,6,8,10H,1,3,5,7H2. The number of nitrogens with zero attached hydrogens (tertiary/aromatic N) is 2. The monoisotopic (exact) mass is 280 g/mol. The van der Waals surface area contributed by atoms with E-state index in [0.717, 1.165) is 19.4 Å². The van der Waals surface area contributed by atoms with Gasteiger partial charge in [-0.1, -0.05) is 11.6 Å². The van der Waals surface area contributed by atoms with E-state index in [1.807, 2.05) is 4.90 Å². The number of nitro benzene ring substituents is 1. The molecule has 1 saturated heterocycles. The zero-order chi connectivity index (χ0) is 13.6. The van der Waals surface area contributed by atoms with E-state index in [0.29, 0.717) is 17.5 Å². The highest BCUT2D eigenvalue weighted by atomic mass is 35.5. The van der Waals surface area contributed by atoms with Crippen LogP contribution in [0.15, 0.2) is 18.2 Å². The molecule has 0 radical (unpaired) electrons. The van der Waals surface area contributed by atoms with E-state index in [2.05, 4.69) is 0 Å². The van der Waals surface area contributed by atoms with E-state index >= 15 is 0 Å². The van der Waals surface area contributed by atoms with Gasteiger partial charge >= 0.3 is 0 Å². The molecule has 3 rings (SSSR count). The summed E-state index contributed by atoms with van der Waals surface area (Å²) in [6, 6.07) is 4.52. The SMILES string of the molecule is O=C(c1ccc([N+](=O)[O-])c(Cl)c1)N1CC2CCC1C2. The zero-order valence-electron chi connectivity index (χ0n) is 10.2. The summed E-state index contributed by atoms with van der Waals surface area (Å²) in [5.41, 5.74) is 0.268. The fourth-order valence-corrected chi connectivity index (χ4v) is 3.38. The quantitative estimate of drug-likeness (QED) is 0.618. The van der Waals surface area contributed by atoms with E-state index in [9.17, 15) is 14.9 Å². The molecule has 5 nitrogen and oxygen atoms in total. The van der Waals surface area contributed by atoms with Crippen LogP contribution in [-0.2, 0) is 0 Å². The number of hydrogen-bond acceptors (Lipinski definition) is 3. The van der Waals surface area contributed by atoms with Crippen molar-refractivity contribution < 1.29 is 9.72 Å². The van der Waals surface area contributed by atoms with Crippen molar-refractivity contribution in [3.63, 3.8) is 0 Å². The first-order valence-corrected chi connectivity index (χ1v) is 6.69. The van der Waals surface area contributed by atoms with Crippen molar-refractivity contribution in [3.8, 4) is 0 Å². The van der Waals surface area contributed by atoms with Gasteiger partial charge in [0.15, 0.2) is 0 Å². The van der Waals surface area contributed by atoms with Gasteiger partial charge in [0.1, 0.15) is 5.02 Å².